The fourth-order valence-electron chi connectivity index (χ4n) is 3.54. The van der Waals surface area contributed by atoms with Crippen LogP contribution in [0.2, 0.25) is 0 Å². The molecule has 1 aliphatic heterocycles. The van der Waals surface area contributed by atoms with E-state index in [4.69, 9.17) is 5.11 Å². The molecule has 1 aromatic heterocycles. The van der Waals surface area contributed by atoms with Crippen molar-refractivity contribution in [2.24, 2.45) is 5.92 Å². The zero-order valence-electron chi connectivity index (χ0n) is 12.9. The van der Waals surface area contributed by atoms with E-state index >= 15 is 0 Å². The highest BCUT2D eigenvalue weighted by Crippen LogP contribution is 2.27. The van der Waals surface area contributed by atoms with Crippen molar-refractivity contribution in [3.05, 3.63) is 17.5 Å². The van der Waals surface area contributed by atoms with Gasteiger partial charge in [0.25, 0.3) is 0 Å². The number of aliphatic hydroxyl groups is 2. The number of hydrogen-bond acceptors (Lipinski definition) is 4. The Hall–Kier alpha value is -1.40. The van der Waals surface area contributed by atoms with Crippen molar-refractivity contribution in [1.29, 1.82) is 0 Å². The third kappa shape index (κ3) is 3.17. The molecule has 122 valence electrons. The van der Waals surface area contributed by atoms with Gasteiger partial charge in [0.15, 0.2) is 0 Å². The summed E-state index contributed by atoms with van der Waals surface area (Å²) < 4.78 is 1.86. The number of carbonyl (C=O) groups excluding carboxylic acids is 1. The number of hydrogen-bond donors (Lipinski definition) is 2. The minimum Gasteiger partial charge on any atom is -0.393 e. The molecule has 1 aliphatic carbocycles. The molecule has 22 heavy (non-hydrogen) atoms. The van der Waals surface area contributed by atoms with Gasteiger partial charge in [-0.2, -0.15) is 5.10 Å². The Morgan fingerprint density at radius 3 is 2.77 bits per heavy atom. The SMILES string of the molecule is O=C(C1CCCCC1)N1CCCn2nc(C(O)CO)cc2C1. The fraction of sp³-hybridized carbons (Fsp3) is 0.750. The zero-order valence-corrected chi connectivity index (χ0v) is 12.9. The highest BCUT2D eigenvalue weighted by atomic mass is 16.3. The average molecular weight is 307 g/mol. The van der Waals surface area contributed by atoms with Gasteiger partial charge < -0.3 is 15.1 Å². The predicted molar refractivity (Wildman–Crippen MR) is 80.9 cm³/mol. The van der Waals surface area contributed by atoms with Crippen molar-refractivity contribution >= 4 is 5.91 Å². The molecule has 6 nitrogen and oxygen atoms in total. The van der Waals surface area contributed by atoms with E-state index < -0.39 is 6.10 Å². The molecule has 0 saturated heterocycles. The summed E-state index contributed by atoms with van der Waals surface area (Å²) in [5, 5.41) is 23.1. The lowest BCUT2D eigenvalue weighted by Crippen LogP contribution is -2.36. The third-order valence-electron chi connectivity index (χ3n) is 4.81. The van der Waals surface area contributed by atoms with E-state index in [0.717, 1.165) is 50.9 Å². The average Bonchev–Trinajstić information content (AvgIpc) is 2.86. The summed E-state index contributed by atoms with van der Waals surface area (Å²) in [6.07, 6.45) is 5.54. The van der Waals surface area contributed by atoms with Gasteiger partial charge in [0.1, 0.15) is 6.10 Å². The Labute approximate surface area is 130 Å². The summed E-state index contributed by atoms with van der Waals surface area (Å²) in [6, 6.07) is 1.81. The summed E-state index contributed by atoms with van der Waals surface area (Å²) in [6.45, 7) is 1.75. The summed E-state index contributed by atoms with van der Waals surface area (Å²) in [7, 11) is 0. The first-order chi connectivity index (χ1) is 10.7. The highest BCUT2D eigenvalue weighted by Gasteiger charge is 2.28. The maximum atomic E-state index is 12.7. The van der Waals surface area contributed by atoms with E-state index in [-0.39, 0.29) is 18.4 Å². The van der Waals surface area contributed by atoms with Crippen LogP contribution in [0.5, 0.6) is 0 Å². The number of fused-ring (bicyclic) bond motifs is 1. The van der Waals surface area contributed by atoms with Crippen molar-refractivity contribution in [2.75, 3.05) is 13.2 Å². The third-order valence-corrected chi connectivity index (χ3v) is 4.81. The second kappa shape index (κ2) is 6.79. The van der Waals surface area contributed by atoms with Crippen LogP contribution in [0.25, 0.3) is 0 Å². The van der Waals surface area contributed by atoms with Crippen LogP contribution >= 0.6 is 0 Å². The van der Waals surface area contributed by atoms with Crippen molar-refractivity contribution < 1.29 is 15.0 Å². The fourth-order valence-corrected chi connectivity index (χ4v) is 3.54. The first-order valence-corrected chi connectivity index (χ1v) is 8.33. The molecular formula is C16H25N3O3. The van der Waals surface area contributed by atoms with E-state index in [0.29, 0.717) is 12.2 Å². The molecule has 3 rings (SSSR count). The second-order valence-electron chi connectivity index (χ2n) is 6.43. The minimum absolute atomic E-state index is 0.186. The Bertz CT molecular complexity index is 523. The molecule has 1 amide bonds. The van der Waals surface area contributed by atoms with Crippen LogP contribution in [0.4, 0.5) is 0 Å². The molecule has 1 fully saturated rings. The summed E-state index contributed by atoms with van der Waals surface area (Å²) in [5.41, 5.74) is 1.44. The Morgan fingerprint density at radius 1 is 1.27 bits per heavy atom. The van der Waals surface area contributed by atoms with Gasteiger partial charge in [-0.25, -0.2) is 0 Å². The summed E-state index contributed by atoms with van der Waals surface area (Å²) >= 11 is 0. The molecule has 0 radical (unpaired) electrons. The van der Waals surface area contributed by atoms with E-state index in [9.17, 15) is 9.90 Å². The van der Waals surface area contributed by atoms with E-state index in [2.05, 4.69) is 5.10 Å². The van der Waals surface area contributed by atoms with Crippen LogP contribution in [-0.2, 0) is 17.9 Å². The molecule has 1 unspecified atom stereocenters. The molecule has 0 aromatic carbocycles. The standard InChI is InChI=1S/C16H25N3O3/c20-11-15(21)14-9-13-10-18(7-4-8-19(13)17-14)16(22)12-5-2-1-3-6-12/h9,12,15,20-21H,1-8,10-11H2. The van der Waals surface area contributed by atoms with Gasteiger partial charge >= 0.3 is 0 Å². The number of aliphatic hydroxyl groups excluding tert-OH is 2. The topological polar surface area (TPSA) is 78.6 Å². The van der Waals surface area contributed by atoms with Gasteiger partial charge in [-0.05, 0) is 25.3 Å². The van der Waals surface area contributed by atoms with Crippen LogP contribution in [0.15, 0.2) is 6.07 Å². The van der Waals surface area contributed by atoms with Crippen molar-refractivity contribution in [3.8, 4) is 0 Å². The van der Waals surface area contributed by atoms with Crippen LogP contribution in [0, 0.1) is 5.92 Å². The smallest absolute Gasteiger partial charge is 0.226 e. The predicted octanol–water partition coefficient (Wildman–Crippen LogP) is 1.22. The summed E-state index contributed by atoms with van der Waals surface area (Å²) in [5.74, 6) is 0.462. The second-order valence-corrected chi connectivity index (χ2v) is 6.43. The molecule has 1 aromatic rings. The molecule has 1 atom stereocenters. The van der Waals surface area contributed by atoms with E-state index in [1.165, 1.54) is 6.42 Å². The van der Waals surface area contributed by atoms with Gasteiger partial charge in [-0.3, -0.25) is 9.48 Å². The Balaban J connectivity index is 1.73. The van der Waals surface area contributed by atoms with Crippen molar-refractivity contribution in [2.45, 2.75) is 57.7 Å². The highest BCUT2D eigenvalue weighted by molar-refractivity contribution is 5.78. The molecule has 2 heterocycles. The first kappa shape index (κ1) is 15.5. The lowest BCUT2D eigenvalue weighted by Gasteiger charge is -2.28. The molecular weight excluding hydrogens is 282 g/mol. The first-order valence-electron chi connectivity index (χ1n) is 8.33. The lowest BCUT2D eigenvalue weighted by atomic mass is 9.88. The van der Waals surface area contributed by atoms with Crippen molar-refractivity contribution in [3.63, 3.8) is 0 Å². The summed E-state index contributed by atoms with van der Waals surface area (Å²) in [4.78, 5) is 14.7. The van der Waals surface area contributed by atoms with Gasteiger partial charge in [0, 0.05) is 19.0 Å². The van der Waals surface area contributed by atoms with Crippen LogP contribution < -0.4 is 0 Å². The number of amides is 1. The number of nitrogens with zero attached hydrogens (tertiary/aromatic N) is 3. The monoisotopic (exact) mass is 307 g/mol. The van der Waals surface area contributed by atoms with E-state index in [1.54, 1.807) is 0 Å². The number of aryl methyl sites for hydroxylation is 1. The zero-order chi connectivity index (χ0) is 15.5. The van der Waals surface area contributed by atoms with Gasteiger partial charge in [-0.1, -0.05) is 19.3 Å². The minimum atomic E-state index is -0.943. The van der Waals surface area contributed by atoms with Crippen LogP contribution in [0.1, 0.15) is 56.0 Å². The van der Waals surface area contributed by atoms with E-state index in [1.807, 2.05) is 15.6 Å². The van der Waals surface area contributed by atoms with Crippen LogP contribution in [-0.4, -0.2) is 44.0 Å². The normalized spacial score (nSPS) is 21.3. The molecule has 2 aliphatic rings. The number of carbonyl (C=O) groups is 1. The van der Waals surface area contributed by atoms with Gasteiger partial charge in [-0.15, -0.1) is 0 Å². The quantitative estimate of drug-likeness (QED) is 0.880. The largest absolute Gasteiger partial charge is 0.393 e. The molecule has 2 N–H and O–H groups in total. The van der Waals surface area contributed by atoms with Crippen molar-refractivity contribution in [1.82, 2.24) is 14.7 Å². The Morgan fingerprint density at radius 2 is 2.05 bits per heavy atom. The molecule has 6 heteroatoms. The molecule has 1 saturated carbocycles. The maximum absolute atomic E-state index is 12.7. The maximum Gasteiger partial charge on any atom is 0.226 e. The molecule has 0 spiro atoms. The number of aromatic nitrogens is 2. The Kier molecular flexibility index (Phi) is 4.78. The lowest BCUT2D eigenvalue weighted by molar-refractivity contribution is -0.137. The number of rotatable bonds is 3. The van der Waals surface area contributed by atoms with Crippen LogP contribution in [0.3, 0.4) is 0 Å². The van der Waals surface area contributed by atoms with Gasteiger partial charge in [0.05, 0.1) is 24.5 Å². The molecule has 0 bridgehead atoms. The van der Waals surface area contributed by atoms with Gasteiger partial charge in [0.2, 0.25) is 5.91 Å².